The molecule has 1 atom stereocenters. The van der Waals surface area contributed by atoms with Gasteiger partial charge in [0.2, 0.25) is 0 Å². The Morgan fingerprint density at radius 2 is 2.04 bits per heavy atom. The molecule has 0 bridgehead atoms. The van der Waals surface area contributed by atoms with E-state index in [-0.39, 0.29) is 5.92 Å². The molecule has 0 spiro atoms. The number of rotatable bonds is 8. The van der Waals surface area contributed by atoms with Crippen LogP contribution in [0.2, 0.25) is 0 Å². The van der Waals surface area contributed by atoms with Crippen LogP contribution in [0.15, 0.2) is 46.5 Å². The molecular weight excluding hydrogens is 386 g/mol. The van der Waals surface area contributed by atoms with Crippen LogP contribution in [-0.2, 0) is 6.54 Å². The Bertz CT molecular complexity index is 770. The monoisotopic (exact) mass is 401 g/mol. The number of aromatic nitrogens is 3. The van der Waals surface area contributed by atoms with Crippen molar-refractivity contribution in [3.8, 4) is 23.5 Å². The number of thioether (sulfide) groups is 1. The fourth-order valence-corrected chi connectivity index (χ4v) is 3.37. The maximum absolute atomic E-state index is 9.18. The van der Waals surface area contributed by atoms with Crippen LogP contribution in [0.1, 0.15) is 12.8 Å². The molecule has 5 nitrogen and oxygen atoms in total. The van der Waals surface area contributed by atoms with Crippen LogP contribution in [0, 0.1) is 28.6 Å². The lowest BCUT2D eigenvalue weighted by Gasteiger charge is -2.09. The summed E-state index contributed by atoms with van der Waals surface area (Å²) >= 11 is 4.91. The molecule has 0 saturated carbocycles. The van der Waals surface area contributed by atoms with Gasteiger partial charge in [0.1, 0.15) is 0 Å². The second-order valence-corrected chi connectivity index (χ2v) is 6.95. The summed E-state index contributed by atoms with van der Waals surface area (Å²) < 4.78 is 2.99. The lowest BCUT2D eigenvalue weighted by molar-refractivity contribution is 0.679. The lowest BCUT2D eigenvalue weighted by Crippen LogP contribution is -2.04. The second-order valence-electron chi connectivity index (χ2n) is 5.05. The van der Waals surface area contributed by atoms with Gasteiger partial charge in [-0.3, -0.25) is 4.57 Å². The fraction of sp³-hybridized carbons (Fsp3) is 0.294. The molecule has 0 amide bonds. The SMILES string of the molecule is C=CCn1c(SCC(C#N)CCC#N)nnc1-c1ccc(Br)cc1. The van der Waals surface area contributed by atoms with Crippen molar-refractivity contribution in [2.45, 2.75) is 24.5 Å². The van der Waals surface area contributed by atoms with Gasteiger partial charge in [-0.2, -0.15) is 10.5 Å². The minimum Gasteiger partial charge on any atom is -0.298 e. The topological polar surface area (TPSA) is 78.3 Å². The van der Waals surface area contributed by atoms with Crippen LogP contribution >= 0.6 is 27.7 Å². The minimum absolute atomic E-state index is 0.167. The van der Waals surface area contributed by atoms with Crippen LogP contribution in [0.5, 0.6) is 0 Å². The van der Waals surface area contributed by atoms with Crippen LogP contribution < -0.4 is 0 Å². The second kappa shape index (κ2) is 9.27. The van der Waals surface area contributed by atoms with E-state index in [9.17, 15) is 5.26 Å². The molecule has 122 valence electrons. The number of halogens is 1. The zero-order valence-electron chi connectivity index (χ0n) is 13.0. The molecule has 7 heteroatoms. The van der Waals surface area contributed by atoms with Gasteiger partial charge in [-0.05, 0) is 18.6 Å². The third-order valence-electron chi connectivity index (χ3n) is 3.33. The molecule has 0 N–H and O–H groups in total. The highest BCUT2D eigenvalue weighted by atomic mass is 79.9. The van der Waals surface area contributed by atoms with Gasteiger partial charge in [-0.25, -0.2) is 0 Å². The zero-order chi connectivity index (χ0) is 17.4. The van der Waals surface area contributed by atoms with Gasteiger partial charge >= 0.3 is 0 Å². The van der Waals surface area contributed by atoms with E-state index in [0.29, 0.717) is 25.1 Å². The first-order valence-electron chi connectivity index (χ1n) is 7.39. The average Bonchev–Trinajstić information content (AvgIpc) is 2.99. The molecule has 0 aliphatic rings. The normalized spacial score (nSPS) is 11.5. The molecule has 0 fully saturated rings. The van der Waals surface area contributed by atoms with Crippen molar-refractivity contribution in [3.05, 3.63) is 41.4 Å². The van der Waals surface area contributed by atoms with Gasteiger partial charge in [0.15, 0.2) is 11.0 Å². The van der Waals surface area contributed by atoms with Crippen LogP contribution in [0.4, 0.5) is 0 Å². The summed E-state index contributed by atoms with van der Waals surface area (Å²) in [5.41, 5.74) is 0.973. The highest BCUT2D eigenvalue weighted by Crippen LogP contribution is 2.27. The van der Waals surface area contributed by atoms with Gasteiger partial charge in [0.25, 0.3) is 0 Å². The zero-order valence-corrected chi connectivity index (χ0v) is 15.4. The first-order valence-corrected chi connectivity index (χ1v) is 9.16. The van der Waals surface area contributed by atoms with Crippen molar-refractivity contribution in [1.29, 1.82) is 10.5 Å². The van der Waals surface area contributed by atoms with Crippen molar-refractivity contribution in [2.24, 2.45) is 5.92 Å². The van der Waals surface area contributed by atoms with E-state index in [4.69, 9.17) is 5.26 Å². The summed E-state index contributed by atoms with van der Waals surface area (Å²) in [7, 11) is 0. The van der Waals surface area contributed by atoms with Crippen molar-refractivity contribution >= 4 is 27.7 Å². The summed E-state index contributed by atoms with van der Waals surface area (Å²) in [6, 6.07) is 12.2. The molecule has 24 heavy (non-hydrogen) atoms. The third kappa shape index (κ3) is 4.70. The minimum atomic E-state index is -0.167. The van der Waals surface area contributed by atoms with Gasteiger partial charge < -0.3 is 0 Å². The Balaban J connectivity index is 2.19. The predicted molar refractivity (Wildman–Crippen MR) is 98.0 cm³/mol. The quantitative estimate of drug-likeness (QED) is 0.482. The molecule has 0 aliphatic heterocycles. The van der Waals surface area contributed by atoms with E-state index < -0.39 is 0 Å². The molecule has 1 aromatic heterocycles. The van der Waals surface area contributed by atoms with Gasteiger partial charge in [-0.15, -0.1) is 16.8 Å². The van der Waals surface area contributed by atoms with E-state index in [0.717, 1.165) is 21.0 Å². The lowest BCUT2D eigenvalue weighted by atomic mass is 10.1. The highest BCUT2D eigenvalue weighted by Gasteiger charge is 2.16. The molecule has 2 rings (SSSR count). The Morgan fingerprint density at radius 1 is 1.29 bits per heavy atom. The van der Waals surface area contributed by atoms with Crippen molar-refractivity contribution in [3.63, 3.8) is 0 Å². The Morgan fingerprint density at radius 3 is 2.67 bits per heavy atom. The molecule has 1 aromatic carbocycles. The maximum Gasteiger partial charge on any atom is 0.191 e. The average molecular weight is 402 g/mol. The van der Waals surface area contributed by atoms with E-state index in [1.807, 2.05) is 28.8 Å². The number of hydrogen-bond donors (Lipinski definition) is 0. The number of nitrogens with zero attached hydrogens (tertiary/aromatic N) is 5. The first kappa shape index (κ1) is 18.3. The molecule has 1 unspecified atom stereocenters. The van der Waals surface area contributed by atoms with Gasteiger partial charge in [0.05, 0.1) is 18.1 Å². The van der Waals surface area contributed by atoms with Crippen LogP contribution in [0.3, 0.4) is 0 Å². The maximum atomic E-state index is 9.18. The number of allylic oxidation sites excluding steroid dienone is 1. The Hall–Kier alpha value is -2.09. The largest absolute Gasteiger partial charge is 0.298 e. The number of benzene rings is 1. The van der Waals surface area contributed by atoms with E-state index in [2.05, 4.69) is 44.8 Å². The van der Waals surface area contributed by atoms with Crippen LogP contribution in [-0.4, -0.2) is 20.5 Å². The van der Waals surface area contributed by atoms with Crippen molar-refractivity contribution < 1.29 is 0 Å². The van der Waals surface area contributed by atoms with E-state index in [1.54, 1.807) is 6.08 Å². The molecule has 0 radical (unpaired) electrons. The molecule has 2 aromatic rings. The summed E-state index contributed by atoms with van der Waals surface area (Å²) in [6.07, 6.45) is 2.77. The summed E-state index contributed by atoms with van der Waals surface area (Å²) in [4.78, 5) is 0. The van der Waals surface area contributed by atoms with E-state index >= 15 is 0 Å². The Kier molecular flexibility index (Phi) is 7.05. The summed E-state index contributed by atoms with van der Waals surface area (Å²) in [5.74, 6) is 1.20. The Labute approximate surface area is 154 Å². The van der Waals surface area contributed by atoms with Crippen LogP contribution in [0.25, 0.3) is 11.4 Å². The smallest absolute Gasteiger partial charge is 0.191 e. The van der Waals surface area contributed by atoms with Gasteiger partial charge in [0, 0.05) is 28.8 Å². The van der Waals surface area contributed by atoms with E-state index in [1.165, 1.54) is 11.8 Å². The first-order chi connectivity index (χ1) is 11.7. The fourth-order valence-electron chi connectivity index (χ4n) is 2.10. The standard InChI is InChI=1S/C17H16BrN5S/c1-2-10-23-16(14-5-7-15(18)8-6-14)21-22-17(23)24-12-13(11-20)4-3-9-19/h2,5-8,13H,1,3-4,10,12H2. The molecular formula is C17H16BrN5S. The van der Waals surface area contributed by atoms with Crippen molar-refractivity contribution in [1.82, 2.24) is 14.8 Å². The number of hydrogen-bond acceptors (Lipinski definition) is 5. The molecule has 0 saturated heterocycles. The van der Waals surface area contributed by atoms with Gasteiger partial charge in [-0.1, -0.05) is 45.9 Å². The predicted octanol–water partition coefficient (Wildman–Crippen LogP) is 4.43. The molecule has 0 aliphatic carbocycles. The highest BCUT2D eigenvalue weighted by molar-refractivity contribution is 9.10. The molecule has 1 heterocycles. The summed E-state index contributed by atoms with van der Waals surface area (Å²) in [6.45, 7) is 4.39. The summed E-state index contributed by atoms with van der Waals surface area (Å²) in [5, 5.41) is 27.1. The number of nitriles is 2. The van der Waals surface area contributed by atoms with Crippen molar-refractivity contribution in [2.75, 3.05) is 5.75 Å². The third-order valence-corrected chi connectivity index (χ3v) is 4.99.